The van der Waals surface area contributed by atoms with Gasteiger partial charge < -0.3 is 10.6 Å². The molecule has 0 saturated heterocycles. The van der Waals surface area contributed by atoms with Gasteiger partial charge in [-0.1, -0.05) is 18.2 Å². The molecule has 3 aromatic rings. The number of anilines is 1. The van der Waals surface area contributed by atoms with Gasteiger partial charge in [-0.25, -0.2) is 9.97 Å². The summed E-state index contributed by atoms with van der Waals surface area (Å²) in [5.74, 6) is -0.436. The molecule has 0 spiro atoms. The number of carbonyl (C=O) groups excluding carboxylic acids is 1. The van der Waals surface area contributed by atoms with Crippen molar-refractivity contribution in [1.82, 2.24) is 24.6 Å². The van der Waals surface area contributed by atoms with Crippen LogP contribution in [0.4, 0.5) is 19.1 Å². The zero-order valence-corrected chi connectivity index (χ0v) is 16.4. The summed E-state index contributed by atoms with van der Waals surface area (Å²) in [5.41, 5.74) is 6.52. The molecule has 5 rings (SSSR count). The third-order valence-corrected chi connectivity index (χ3v) is 5.29. The van der Waals surface area contributed by atoms with Gasteiger partial charge in [-0.05, 0) is 36.6 Å². The monoisotopic (exact) mass is 426 g/mol. The third kappa shape index (κ3) is 3.24. The number of nitrogens with two attached hydrogens (primary N) is 1. The highest BCUT2D eigenvalue weighted by Gasteiger charge is 2.45. The number of hydrogen-bond acceptors (Lipinski definition) is 5. The molecule has 0 unspecified atom stereocenters. The highest BCUT2D eigenvalue weighted by molar-refractivity contribution is 6.14. The van der Waals surface area contributed by atoms with E-state index in [9.17, 15) is 18.0 Å². The second kappa shape index (κ2) is 6.66. The zero-order chi connectivity index (χ0) is 21.9. The number of nitrogen functional groups attached to an aromatic ring is 1. The summed E-state index contributed by atoms with van der Waals surface area (Å²) in [4.78, 5) is 23.4. The molecule has 10 heteroatoms. The number of carbonyl (C=O) groups is 1. The lowest BCUT2D eigenvalue weighted by atomic mass is 10.0. The summed E-state index contributed by atoms with van der Waals surface area (Å²) in [5, 5.41) is 4.31. The minimum absolute atomic E-state index is 0.0483. The lowest BCUT2D eigenvalue weighted by Crippen LogP contribution is -2.25. The van der Waals surface area contributed by atoms with Gasteiger partial charge in [0, 0.05) is 19.3 Å². The molecule has 7 nitrogen and oxygen atoms in total. The molecule has 158 valence electrons. The first kappa shape index (κ1) is 19.3. The first-order valence-electron chi connectivity index (χ1n) is 9.63. The number of amides is 1. The highest BCUT2D eigenvalue weighted by Crippen LogP contribution is 2.44. The number of nitrogens with zero attached hydrogens (tertiary/aromatic N) is 5. The van der Waals surface area contributed by atoms with Crippen LogP contribution >= 0.6 is 0 Å². The number of rotatable bonds is 3. The maximum absolute atomic E-state index is 13.5. The lowest BCUT2D eigenvalue weighted by Gasteiger charge is -2.18. The van der Waals surface area contributed by atoms with E-state index in [1.165, 1.54) is 29.2 Å². The molecule has 1 amide bonds. The number of benzene rings is 1. The Balaban J connectivity index is 1.75. The fraction of sp³-hybridized carbons (Fsp3) is 0.238. The third-order valence-electron chi connectivity index (χ3n) is 5.29. The minimum atomic E-state index is -4.53. The standard InChI is InChI=1S/C21H17F3N6O/c1-29-9-8-14(28-29)17-16-18(27-20(25)26-17)15(30(19(16)31)12-6-7-12)10-11-4-2-3-5-13(11)21(22,23)24/h2-5,8-10,12H,6-7H2,1H3,(H2,25,26,27). The first-order chi connectivity index (χ1) is 14.7. The van der Waals surface area contributed by atoms with E-state index in [2.05, 4.69) is 15.1 Å². The van der Waals surface area contributed by atoms with Crippen LogP contribution in [0.2, 0.25) is 0 Å². The lowest BCUT2D eigenvalue weighted by molar-refractivity contribution is -0.137. The van der Waals surface area contributed by atoms with Gasteiger partial charge in [0.25, 0.3) is 5.91 Å². The fourth-order valence-corrected chi connectivity index (χ4v) is 3.80. The maximum atomic E-state index is 13.5. The van der Waals surface area contributed by atoms with Gasteiger partial charge in [-0.3, -0.25) is 9.48 Å². The normalized spacial score (nSPS) is 17.5. The van der Waals surface area contributed by atoms with Crippen molar-refractivity contribution < 1.29 is 18.0 Å². The molecule has 0 radical (unpaired) electrons. The zero-order valence-electron chi connectivity index (χ0n) is 16.4. The molecule has 1 saturated carbocycles. The van der Waals surface area contributed by atoms with E-state index in [4.69, 9.17) is 5.73 Å². The van der Waals surface area contributed by atoms with Crippen molar-refractivity contribution in [2.75, 3.05) is 5.73 Å². The second-order valence-corrected chi connectivity index (χ2v) is 7.55. The second-order valence-electron chi connectivity index (χ2n) is 7.55. The summed E-state index contributed by atoms with van der Waals surface area (Å²) in [6, 6.07) is 6.83. The van der Waals surface area contributed by atoms with Crippen molar-refractivity contribution in [3.8, 4) is 11.4 Å². The van der Waals surface area contributed by atoms with Crippen molar-refractivity contribution in [2.24, 2.45) is 7.05 Å². The average molecular weight is 426 g/mol. The summed E-state index contributed by atoms with van der Waals surface area (Å²) in [6.45, 7) is 0. The Morgan fingerprint density at radius 3 is 2.48 bits per heavy atom. The Morgan fingerprint density at radius 1 is 1.13 bits per heavy atom. The van der Waals surface area contributed by atoms with Crippen LogP contribution in [0, 0.1) is 0 Å². The number of halogens is 3. The van der Waals surface area contributed by atoms with Gasteiger partial charge in [0.05, 0.1) is 16.8 Å². The van der Waals surface area contributed by atoms with Gasteiger partial charge in [0.2, 0.25) is 5.95 Å². The maximum Gasteiger partial charge on any atom is 0.416 e. The van der Waals surface area contributed by atoms with Crippen LogP contribution in [0.1, 0.15) is 40.0 Å². The van der Waals surface area contributed by atoms with E-state index >= 15 is 0 Å². The Morgan fingerprint density at radius 2 is 1.84 bits per heavy atom. The van der Waals surface area contributed by atoms with Crippen LogP contribution in [0.5, 0.6) is 0 Å². The minimum Gasteiger partial charge on any atom is -0.368 e. The summed E-state index contributed by atoms with van der Waals surface area (Å²) in [6.07, 6.45) is 0.0565. The van der Waals surface area contributed by atoms with E-state index in [0.29, 0.717) is 11.4 Å². The predicted octanol–water partition coefficient (Wildman–Crippen LogP) is 3.59. The van der Waals surface area contributed by atoms with Crippen molar-refractivity contribution in [1.29, 1.82) is 0 Å². The molecule has 1 fully saturated rings. The molecule has 0 bridgehead atoms. The molecule has 3 heterocycles. The molecule has 2 aliphatic rings. The summed E-state index contributed by atoms with van der Waals surface area (Å²) < 4.78 is 42.2. The Hall–Kier alpha value is -3.69. The Labute approximate surface area is 175 Å². The highest BCUT2D eigenvalue weighted by atomic mass is 19.4. The molecular weight excluding hydrogens is 409 g/mol. The number of fused-ring (bicyclic) bond motifs is 1. The predicted molar refractivity (Wildman–Crippen MR) is 107 cm³/mol. The number of hydrogen-bond donors (Lipinski definition) is 1. The topological polar surface area (TPSA) is 89.9 Å². The van der Waals surface area contributed by atoms with Crippen molar-refractivity contribution >= 4 is 23.6 Å². The molecule has 1 aliphatic carbocycles. The first-order valence-corrected chi connectivity index (χ1v) is 9.63. The van der Waals surface area contributed by atoms with Crippen LogP contribution in [0.15, 0.2) is 36.5 Å². The Bertz CT molecular complexity index is 1240. The SMILES string of the molecule is Cn1ccc(-c2nc(N)nc3c2C(=O)N(C2CC2)C3=Cc2ccccc2C(F)(F)F)n1. The molecule has 31 heavy (non-hydrogen) atoms. The summed E-state index contributed by atoms with van der Waals surface area (Å²) >= 11 is 0. The van der Waals surface area contributed by atoms with Crippen LogP contribution < -0.4 is 5.73 Å². The summed E-state index contributed by atoms with van der Waals surface area (Å²) in [7, 11) is 1.73. The van der Waals surface area contributed by atoms with Crippen LogP contribution in [-0.2, 0) is 13.2 Å². The molecular formula is C21H17F3N6O. The molecule has 2 aromatic heterocycles. The van der Waals surface area contributed by atoms with Crippen LogP contribution in [0.25, 0.3) is 23.2 Å². The largest absolute Gasteiger partial charge is 0.416 e. The smallest absolute Gasteiger partial charge is 0.368 e. The molecule has 1 aliphatic heterocycles. The van der Waals surface area contributed by atoms with Gasteiger partial charge in [0.15, 0.2) is 0 Å². The number of aromatic nitrogens is 4. The Kier molecular flexibility index (Phi) is 4.14. The molecule has 1 aromatic carbocycles. The average Bonchev–Trinajstić information content (AvgIpc) is 3.39. The number of aryl methyl sites for hydroxylation is 1. The molecule has 0 atom stereocenters. The van der Waals surface area contributed by atoms with Gasteiger partial charge in [0.1, 0.15) is 17.1 Å². The number of alkyl halides is 3. The van der Waals surface area contributed by atoms with Crippen molar-refractivity contribution in [3.63, 3.8) is 0 Å². The quantitative estimate of drug-likeness (QED) is 0.691. The van der Waals surface area contributed by atoms with Crippen molar-refractivity contribution in [2.45, 2.75) is 25.1 Å². The van der Waals surface area contributed by atoms with E-state index in [-0.39, 0.29) is 40.4 Å². The molecule has 2 N–H and O–H groups in total. The van der Waals surface area contributed by atoms with Crippen molar-refractivity contribution in [3.05, 3.63) is 58.9 Å². The van der Waals surface area contributed by atoms with E-state index < -0.39 is 11.7 Å². The van der Waals surface area contributed by atoms with Crippen LogP contribution in [0.3, 0.4) is 0 Å². The van der Waals surface area contributed by atoms with Gasteiger partial charge >= 0.3 is 6.18 Å². The van der Waals surface area contributed by atoms with Gasteiger partial charge in [-0.2, -0.15) is 18.3 Å². The van der Waals surface area contributed by atoms with E-state index in [0.717, 1.165) is 18.9 Å². The van der Waals surface area contributed by atoms with Gasteiger partial charge in [-0.15, -0.1) is 0 Å². The fourth-order valence-electron chi connectivity index (χ4n) is 3.80. The van der Waals surface area contributed by atoms with E-state index in [1.807, 2.05) is 0 Å². The van der Waals surface area contributed by atoms with E-state index in [1.54, 1.807) is 24.0 Å². The van der Waals surface area contributed by atoms with Crippen LogP contribution in [-0.4, -0.2) is 36.6 Å².